The van der Waals surface area contributed by atoms with Crippen molar-refractivity contribution in [1.82, 2.24) is 20.0 Å². The molecule has 8 heteroatoms. The van der Waals surface area contributed by atoms with Gasteiger partial charge in [0, 0.05) is 12.7 Å². The predicted molar refractivity (Wildman–Crippen MR) is 99.9 cm³/mol. The Kier molecular flexibility index (Phi) is 4.55. The quantitative estimate of drug-likeness (QED) is 0.856. The summed E-state index contributed by atoms with van der Waals surface area (Å²) in [7, 11) is 0. The number of aromatic nitrogens is 2. The van der Waals surface area contributed by atoms with Crippen LogP contribution in [0, 0.1) is 0 Å². The number of piperidine rings is 1. The highest BCUT2D eigenvalue weighted by Gasteiger charge is 2.42. The van der Waals surface area contributed by atoms with Gasteiger partial charge in [-0.1, -0.05) is 23.7 Å². The van der Waals surface area contributed by atoms with E-state index in [1.807, 2.05) is 12.1 Å². The number of nitrogens with one attached hydrogen (secondary N) is 1. The van der Waals surface area contributed by atoms with Crippen molar-refractivity contribution >= 4 is 23.4 Å². The largest absolute Gasteiger partial charge is 0.483 e. The molecule has 2 aliphatic heterocycles. The van der Waals surface area contributed by atoms with Crippen LogP contribution in [0.5, 0.6) is 5.75 Å². The fourth-order valence-electron chi connectivity index (χ4n) is 3.77. The zero-order valence-corrected chi connectivity index (χ0v) is 15.8. The number of carbonyl (C=O) groups is 2. The number of halogens is 1. The van der Waals surface area contributed by atoms with Gasteiger partial charge in [0.25, 0.3) is 5.91 Å². The van der Waals surface area contributed by atoms with Crippen molar-refractivity contribution in [3.8, 4) is 5.75 Å². The molecule has 1 N–H and O–H groups in total. The first-order valence-corrected chi connectivity index (χ1v) is 9.40. The number of likely N-dealkylation sites (tertiary alicyclic amines) is 1. The molecule has 0 saturated carbocycles. The average molecular weight is 389 g/mol. The Balaban J connectivity index is 1.55. The summed E-state index contributed by atoms with van der Waals surface area (Å²) in [6.45, 7) is 3.24. The molecule has 4 rings (SSSR count). The van der Waals surface area contributed by atoms with Gasteiger partial charge in [-0.3, -0.25) is 14.3 Å². The van der Waals surface area contributed by atoms with E-state index in [1.165, 1.54) is 6.20 Å². The third kappa shape index (κ3) is 3.39. The van der Waals surface area contributed by atoms with Crippen molar-refractivity contribution in [3.63, 3.8) is 0 Å². The molecule has 2 aromatic rings. The highest BCUT2D eigenvalue weighted by atomic mass is 35.5. The molecule has 3 heterocycles. The summed E-state index contributed by atoms with van der Waals surface area (Å²) in [6, 6.07) is 6.75. The van der Waals surface area contributed by atoms with Gasteiger partial charge in [-0.25, -0.2) is 0 Å². The number of ether oxygens (including phenoxy) is 1. The summed E-state index contributed by atoms with van der Waals surface area (Å²) >= 11 is 5.92. The van der Waals surface area contributed by atoms with Crippen LogP contribution >= 0.6 is 11.6 Å². The van der Waals surface area contributed by atoms with Crippen molar-refractivity contribution in [2.24, 2.45) is 0 Å². The van der Waals surface area contributed by atoms with E-state index in [2.05, 4.69) is 10.4 Å². The van der Waals surface area contributed by atoms with Crippen LogP contribution in [0.4, 0.5) is 0 Å². The summed E-state index contributed by atoms with van der Waals surface area (Å²) in [4.78, 5) is 27.2. The zero-order chi connectivity index (χ0) is 19.0. The monoisotopic (exact) mass is 388 g/mol. The van der Waals surface area contributed by atoms with Crippen molar-refractivity contribution in [2.45, 2.75) is 31.4 Å². The van der Waals surface area contributed by atoms with Gasteiger partial charge in [-0.05, 0) is 31.9 Å². The lowest BCUT2D eigenvalue weighted by molar-refractivity contribution is -0.140. The Morgan fingerprint density at radius 3 is 3.00 bits per heavy atom. The maximum Gasteiger partial charge on any atom is 0.255 e. The molecule has 1 saturated heterocycles. The van der Waals surface area contributed by atoms with Gasteiger partial charge in [0.2, 0.25) is 5.91 Å². The maximum absolute atomic E-state index is 13.0. The van der Waals surface area contributed by atoms with E-state index in [0.29, 0.717) is 36.0 Å². The number of hydrogen-bond acceptors (Lipinski definition) is 4. The lowest BCUT2D eigenvalue weighted by Crippen LogP contribution is -2.58. The molecule has 7 nitrogen and oxygen atoms in total. The average Bonchev–Trinajstić information content (AvgIpc) is 3.06. The lowest BCUT2D eigenvalue weighted by atomic mass is 9.92. The van der Waals surface area contributed by atoms with Crippen LogP contribution < -0.4 is 10.1 Å². The van der Waals surface area contributed by atoms with E-state index in [1.54, 1.807) is 34.8 Å². The second-order valence-corrected chi connectivity index (χ2v) is 7.58. The SMILES string of the molecule is CC(C(=O)N1CCCC2(CNC(=O)c3ccccc3O2)C1)n1cc(Cl)cn1. The topological polar surface area (TPSA) is 76.5 Å². The molecule has 2 amide bonds. The summed E-state index contributed by atoms with van der Waals surface area (Å²) in [5, 5.41) is 7.58. The van der Waals surface area contributed by atoms with Crippen LogP contribution in [0.25, 0.3) is 0 Å². The fourth-order valence-corrected chi connectivity index (χ4v) is 3.91. The van der Waals surface area contributed by atoms with Gasteiger partial charge in [0.15, 0.2) is 0 Å². The first-order chi connectivity index (χ1) is 13.0. The van der Waals surface area contributed by atoms with Crippen LogP contribution in [0.15, 0.2) is 36.7 Å². The van der Waals surface area contributed by atoms with Crippen LogP contribution in [-0.2, 0) is 4.79 Å². The minimum atomic E-state index is -0.627. The lowest BCUT2D eigenvalue weighted by Gasteiger charge is -2.42. The molecular formula is C19H21ClN4O3. The van der Waals surface area contributed by atoms with Crippen molar-refractivity contribution in [1.29, 1.82) is 0 Å². The number of amides is 2. The van der Waals surface area contributed by atoms with Gasteiger partial charge in [-0.2, -0.15) is 5.10 Å². The smallest absolute Gasteiger partial charge is 0.255 e. The number of rotatable bonds is 2. The van der Waals surface area contributed by atoms with Gasteiger partial charge in [0.05, 0.1) is 29.9 Å². The predicted octanol–water partition coefficient (Wildman–Crippen LogP) is 2.28. The highest BCUT2D eigenvalue weighted by molar-refractivity contribution is 6.30. The molecule has 27 heavy (non-hydrogen) atoms. The first kappa shape index (κ1) is 17.9. The molecule has 2 aliphatic rings. The Labute approximate surface area is 162 Å². The minimum absolute atomic E-state index is 0.0405. The van der Waals surface area contributed by atoms with E-state index in [-0.39, 0.29) is 11.8 Å². The standard InChI is InChI=1S/C19H21ClN4O3/c1-13(24-10-14(20)9-22-24)18(26)23-8-4-7-19(12-23)11-21-17(25)15-5-2-3-6-16(15)27-19/h2-3,5-6,9-10,13H,4,7-8,11-12H2,1H3,(H,21,25). The molecule has 1 aromatic heterocycles. The maximum atomic E-state index is 13.0. The number of para-hydroxylation sites is 1. The van der Waals surface area contributed by atoms with E-state index >= 15 is 0 Å². The number of nitrogens with zero attached hydrogens (tertiary/aromatic N) is 3. The van der Waals surface area contributed by atoms with E-state index < -0.39 is 11.6 Å². The van der Waals surface area contributed by atoms with Crippen molar-refractivity contribution in [2.75, 3.05) is 19.6 Å². The molecule has 2 atom stereocenters. The van der Waals surface area contributed by atoms with Gasteiger partial charge in [0.1, 0.15) is 17.4 Å². The molecule has 2 unspecified atom stereocenters. The molecule has 0 bridgehead atoms. The minimum Gasteiger partial charge on any atom is -0.483 e. The normalized spacial score (nSPS) is 23.2. The van der Waals surface area contributed by atoms with Gasteiger partial charge in [-0.15, -0.1) is 0 Å². The Morgan fingerprint density at radius 1 is 1.41 bits per heavy atom. The summed E-state index contributed by atoms with van der Waals surface area (Å²) in [6.07, 6.45) is 4.73. The molecule has 0 radical (unpaired) electrons. The van der Waals surface area contributed by atoms with Gasteiger partial charge < -0.3 is 15.0 Å². The number of hydrogen-bond donors (Lipinski definition) is 1. The molecule has 142 valence electrons. The van der Waals surface area contributed by atoms with E-state index in [4.69, 9.17) is 16.3 Å². The Morgan fingerprint density at radius 2 is 2.22 bits per heavy atom. The Hall–Kier alpha value is -2.54. The molecule has 1 fully saturated rings. The molecule has 1 spiro atoms. The summed E-state index contributed by atoms with van der Waals surface area (Å²) in [5.41, 5.74) is -0.102. The van der Waals surface area contributed by atoms with Crippen LogP contribution in [0.1, 0.15) is 36.2 Å². The zero-order valence-electron chi connectivity index (χ0n) is 15.0. The van der Waals surface area contributed by atoms with Crippen LogP contribution in [0.3, 0.4) is 0 Å². The molecule has 0 aliphatic carbocycles. The number of carbonyl (C=O) groups excluding carboxylic acids is 2. The first-order valence-electron chi connectivity index (χ1n) is 9.02. The van der Waals surface area contributed by atoms with Gasteiger partial charge >= 0.3 is 0 Å². The molecular weight excluding hydrogens is 368 g/mol. The number of fused-ring (bicyclic) bond motifs is 1. The number of benzene rings is 1. The molecule has 1 aromatic carbocycles. The van der Waals surface area contributed by atoms with E-state index in [0.717, 1.165) is 12.8 Å². The summed E-state index contributed by atoms with van der Waals surface area (Å²) < 4.78 is 7.87. The van der Waals surface area contributed by atoms with Crippen molar-refractivity contribution in [3.05, 3.63) is 47.2 Å². The Bertz CT molecular complexity index is 883. The second kappa shape index (κ2) is 6.88. The van der Waals surface area contributed by atoms with Crippen LogP contribution in [0.2, 0.25) is 5.02 Å². The van der Waals surface area contributed by atoms with Crippen molar-refractivity contribution < 1.29 is 14.3 Å². The fraction of sp³-hybridized carbons (Fsp3) is 0.421. The second-order valence-electron chi connectivity index (χ2n) is 7.14. The third-order valence-corrected chi connectivity index (χ3v) is 5.40. The summed E-state index contributed by atoms with van der Waals surface area (Å²) in [5.74, 6) is 0.375. The third-order valence-electron chi connectivity index (χ3n) is 5.20. The highest BCUT2D eigenvalue weighted by Crippen LogP contribution is 2.32. The van der Waals surface area contributed by atoms with E-state index in [9.17, 15) is 9.59 Å². The van der Waals surface area contributed by atoms with Crippen LogP contribution in [-0.4, -0.2) is 51.7 Å².